The second-order valence-electron chi connectivity index (χ2n) is 5.44. The van der Waals surface area contributed by atoms with E-state index in [1.54, 1.807) is 0 Å². The third kappa shape index (κ3) is 2.02. The van der Waals surface area contributed by atoms with E-state index in [0.29, 0.717) is 0 Å². The van der Waals surface area contributed by atoms with Crippen molar-refractivity contribution < 1.29 is 14.3 Å². The number of rotatable bonds is 2. The predicted octanol–water partition coefficient (Wildman–Crippen LogP) is 3.61. The SMILES string of the molecule is Cc1oc(C)c(C(O)c2cccc3c2OCCC3)c1C. The monoisotopic (exact) mass is 272 g/mol. The average Bonchev–Trinajstić information content (AvgIpc) is 2.71. The van der Waals surface area contributed by atoms with Gasteiger partial charge in [-0.1, -0.05) is 18.2 Å². The Morgan fingerprint density at radius 3 is 2.65 bits per heavy atom. The van der Waals surface area contributed by atoms with Crippen LogP contribution in [0.4, 0.5) is 0 Å². The van der Waals surface area contributed by atoms with Gasteiger partial charge in [-0.25, -0.2) is 0 Å². The van der Waals surface area contributed by atoms with E-state index in [4.69, 9.17) is 9.15 Å². The minimum Gasteiger partial charge on any atom is -0.493 e. The van der Waals surface area contributed by atoms with E-state index in [9.17, 15) is 5.11 Å². The van der Waals surface area contributed by atoms with Gasteiger partial charge >= 0.3 is 0 Å². The van der Waals surface area contributed by atoms with Crippen molar-refractivity contribution in [3.63, 3.8) is 0 Å². The van der Waals surface area contributed by atoms with Gasteiger partial charge in [-0.3, -0.25) is 0 Å². The second-order valence-corrected chi connectivity index (χ2v) is 5.44. The van der Waals surface area contributed by atoms with Crippen molar-refractivity contribution in [1.82, 2.24) is 0 Å². The van der Waals surface area contributed by atoms with Crippen LogP contribution in [0.1, 0.15) is 46.3 Å². The third-order valence-electron chi connectivity index (χ3n) is 4.15. The molecule has 1 aromatic heterocycles. The summed E-state index contributed by atoms with van der Waals surface area (Å²) >= 11 is 0. The molecule has 1 aromatic carbocycles. The fourth-order valence-corrected chi connectivity index (χ4v) is 3.00. The highest BCUT2D eigenvalue weighted by Crippen LogP contribution is 2.38. The average molecular weight is 272 g/mol. The Hall–Kier alpha value is -1.74. The van der Waals surface area contributed by atoms with E-state index in [1.807, 2.05) is 32.9 Å². The Balaban J connectivity index is 2.09. The number of ether oxygens (including phenoxy) is 1. The minimum absolute atomic E-state index is 0.694. The van der Waals surface area contributed by atoms with Crippen LogP contribution in [0.2, 0.25) is 0 Å². The van der Waals surface area contributed by atoms with Gasteiger partial charge in [0.15, 0.2) is 0 Å². The van der Waals surface area contributed by atoms with Crippen LogP contribution in [0.15, 0.2) is 22.6 Å². The van der Waals surface area contributed by atoms with Gasteiger partial charge in [0.2, 0.25) is 0 Å². The molecule has 1 aliphatic heterocycles. The summed E-state index contributed by atoms with van der Waals surface area (Å²) in [6, 6.07) is 6.00. The summed E-state index contributed by atoms with van der Waals surface area (Å²) in [6.07, 6.45) is 1.36. The van der Waals surface area contributed by atoms with Crippen LogP contribution in [0, 0.1) is 20.8 Å². The number of fused-ring (bicyclic) bond motifs is 1. The van der Waals surface area contributed by atoms with Crippen molar-refractivity contribution in [3.8, 4) is 5.75 Å². The Morgan fingerprint density at radius 1 is 1.15 bits per heavy atom. The highest BCUT2D eigenvalue weighted by atomic mass is 16.5. The van der Waals surface area contributed by atoms with Gasteiger partial charge in [-0.15, -0.1) is 0 Å². The van der Waals surface area contributed by atoms with E-state index >= 15 is 0 Å². The fourth-order valence-electron chi connectivity index (χ4n) is 3.00. The summed E-state index contributed by atoms with van der Waals surface area (Å²) in [6.45, 7) is 6.53. The second kappa shape index (κ2) is 4.98. The van der Waals surface area contributed by atoms with Crippen LogP contribution < -0.4 is 4.74 Å². The largest absolute Gasteiger partial charge is 0.493 e. The lowest BCUT2D eigenvalue weighted by Gasteiger charge is -2.23. The van der Waals surface area contributed by atoms with Gasteiger partial charge < -0.3 is 14.3 Å². The number of aliphatic hydroxyl groups is 1. The molecule has 0 saturated carbocycles. The van der Waals surface area contributed by atoms with Crippen LogP contribution >= 0.6 is 0 Å². The fraction of sp³-hybridized carbons (Fsp3) is 0.412. The molecule has 1 unspecified atom stereocenters. The Morgan fingerprint density at radius 2 is 1.95 bits per heavy atom. The first-order valence-corrected chi connectivity index (χ1v) is 7.08. The molecule has 0 radical (unpaired) electrons. The zero-order chi connectivity index (χ0) is 14.3. The van der Waals surface area contributed by atoms with Gasteiger partial charge in [-0.2, -0.15) is 0 Å². The van der Waals surface area contributed by atoms with Crippen molar-refractivity contribution in [2.75, 3.05) is 6.61 Å². The number of aryl methyl sites for hydroxylation is 3. The molecule has 106 valence electrons. The van der Waals surface area contributed by atoms with E-state index in [2.05, 4.69) is 6.07 Å². The predicted molar refractivity (Wildman–Crippen MR) is 77.2 cm³/mol. The first-order valence-electron chi connectivity index (χ1n) is 7.08. The van der Waals surface area contributed by atoms with Crippen LogP contribution in [-0.2, 0) is 6.42 Å². The normalized spacial score (nSPS) is 15.6. The first-order chi connectivity index (χ1) is 9.59. The zero-order valence-corrected chi connectivity index (χ0v) is 12.2. The van der Waals surface area contributed by atoms with Crippen molar-refractivity contribution >= 4 is 0 Å². The number of hydrogen-bond donors (Lipinski definition) is 1. The molecule has 1 atom stereocenters. The number of aliphatic hydroxyl groups excluding tert-OH is 1. The van der Waals surface area contributed by atoms with Gasteiger partial charge in [0.25, 0.3) is 0 Å². The summed E-state index contributed by atoms with van der Waals surface area (Å²) in [5, 5.41) is 10.8. The molecule has 1 aliphatic rings. The standard InChI is InChI=1S/C17H20O3/c1-10-11(2)20-12(3)15(10)16(18)14-8-4-6-13-7-5-9-19-17(13)14/h4,6,8,16,18H,5,7,9H2,1-3H3. The van der Waals surface area contributed by atoms with Crippen LogP contribution in [-0.4, -0.2) is 11.7 Å². The molecule has 0 fully saturated rings. The maximum atomic E-state index is 10.8. The summed E-state index contributed by atoms with van der Waals surface area (Å²) in [5.74, 6) is 2.49. The van der Waals surface area contributed by atoms with Gasteiger partial charge in [0.1, 0.15) is 23.4 Å². The lowest BCUT2D eigenvalue weighted by atomic mass is 9.94. The van der Waals surface area contributed by atoms with Crippen LogP contribution in [0.5, 0.6) is 5.75 Å². The van der Waals surface area contributed by atoms with Gasteiger partial charge in [-0.05, 0) is 44.7 Å². The van der Waals surface area contributed by atoms with E-state index < -0.39 is 6.10 Å². The molecule has 2 heterocycles. The lowest BCUT2D eigenvalue weighted by Crippen LogP contribution is -2.13. The molecule has 0 aliphatic carbocycles. The third-order valence-corrected chi connectivity index (χ3v) is 4.15. The first kappa shape index (κ1) is 13.3. The van der Waals surface area contributed by atoms with Crippen molar-refractivity contribution in [2.24, 2.45) is 0 Å². The Kier molecular flexibility index (Phi) is 3.30. The Bertz CT molecular complexity index is 640. The molecule has 3 rings (SSSR count). The molecule has 0 spiro atoms. The number of furan rings is 1. The molecule has 0 bridgehead atoms. The highest BCUT2D eigenvalue weighted by molar-refractivity contribution is 5.49. The smallest absolute Gasteiger partial charge is 0.128 e. The topological polar surface area (TPSA) is 42.6 Å². The molecule has 2 aromatic rings. The molecular weight excluding hydrogens is 252 g/mol. The van der Waals surface area contributed by atoms with Crippen LogP contribution in [0.3, 0.4) is 0 Å². The van der Waals surface area contributed by atoms with Gasteiger partial charge in [0.05, 0.1) is 6.61 Å². The van der Waals surface area contributed by atoms with E-state index in [0.717, 1.165) is 53.4 Å². The number of hydrogen-bond acceptors (Lipinski definition) is 3. The maximum absolute atomic E-state index is 10.8. The minimum atomic E-state index is -0.694. The Labute approximate surface area is 119 Å². The molecule has 20 heavy (non-hydrogen) atoms. The van der Waals surface area contributed by atoms with Crippen molar-refractivity contribution in [3.05, 3.63) is 52.0 Å². The summed E-state index contributed by atoms with van der Waals surface area (Å²) < 4.78 is 11.4. The van der Waals surface area contributed by atoms with Crippen LogP contribution in [0.25, 0.3) is 0 Å². The quantitative estimate of drug-likeness (QED) is 0.908. The molecule has 3 nitrogen and oxygen atoms in total. The molecule has 1 N–H and O–H groups in total. The zero-order valence-electron chi connectivity index (χ0n) is 12.2. The number of benzene rings is 1. The summed E-state index contributed by atoms with van der Waals surface area (Å²) in [4.78, 5) is 0. The van der Waals surface area contributed by atoms with Crippen molar-refractivity contribution in [1.29, 1.82) is 0 Å². The summed E-state index contributed by atoms with van der Waals surface area (Å²) in [7, 11) is 0. The lowest BCUT2D eigenvalue weighted by molar-refractivity contribution is 0.204. The molecule has 0 amide bonds. The van der Waals surface area contributed by atoms with E-state index in [-0.39, 0.29) is 0 Å². The molecular formula is C17H20O3. The van der Waals surface area contributed by atoms with Crippen molar-refractivity contribution in [2.45, 2.75) is 39.7 Å². The number of para-hydroxylation sites is 1. The highest BCUT2D eigenvalue weighted by Gasteiger charge is 2.25. The summed E-state index contributed by atoms with van der Waals surface area (Å²) in [5.41, 5.74) is 3.91. The van der Waals surface area contributed by atoms with Gasteiger partial charge in [0, 0.05) is 11.1 Å². The molecule has 0 saturated heterocycles. The molecule has 3 heteroatoms. The van der Waals surface area contributed by atoms with E-state index in [1.165, 1.54) is 5.56 Å². The maximum Gasteiger partial charge on any atom is 0.128 e.